The normalized spacial score (nSPS) is 10.8. The van der Waals surface area contributed by atoms with Gasteiger partial charge in [-0.2, -0.15) is 0 Å². The second-order valence-electron chi connectivity index (χ2n) is 1.96. The van der Waals surface area contributed by atoms with E-state index >= 15 is 0 Å². The minimum absolute atomic E-state index is 0.579. The van der Waals surface area contributed by atoms with Crippen molar-refractivity contribution >= 4 is 35.1 Å². The molecule has 0 bridgehead atoms. The molecule has 0 fully saturated rings. The Bertz CT molecular complexity index is 261. The number of hydrogen-bond acceptors (Lipinski definition) is 1. The van der Waals surface area contributed by atoms with Crippen LogP contribution in [0, 0.1) is 0 Å². The molecule has 1 aromatic rings. The first kappa shape index (κ1) is 8.57. The summed E-state index contributed by atoms with van der Waals surface area (Å²) in [7, 11) is 0. The zero-order valence-corrected chi connectivity index (χ0v) is 7.52. The van der Waals surface area contributed by atoms with Crippen molar-refractivity contribution in [3.8, 4) is 0 Å². The Kier molecular flexibility index (Phi) is 2.92. The average Bonchev–Trinajstić information content (AvgIpc) is 1.97. The third-order valence-corrected chi connectivity index (χ3v) is 1.81. The lowest BCUT2D eigenvalue weighted by Gasteiger charge is -1.98. The molecule has 0 heterocycles. The van der Waals surface area contributed by atoms with Gasteiger partial charge in [-0.15, -0.1) is 0 Å². The molecule has 0 amide bonds. The van der Waals surface area contributed by atoms with Gasteiger partial charge >= 0.3 is 0 Å². The van der Waals surface area contributed by atoms with E-state index in [0.717, 1.165) is 0 Å². The van der Waals surface area contributed by atoms with Gasteiger partial charge in [0.1, 0.15) is 0 Å². The molecular formula is C8H7Cl2N. The highest BCUT2D eigenvalue weighted by Gasteiger charge is 2.00. The van der Waals surface area contributed by atoms with E-state index in [-0.39, 0.29) is 0 Å². The highest BCUT2D eigenvalue weighted by Crippen LogP contribution is 2.31. The van der Waals surface area contributed by atoms with Crippen molar-refractivity contribution in [2.45, 2.75) is 6.92 Å². The van der Waals surface area contributed by atoms with Gasteiger partial charge in [-0.3, -0.25) is 4.99 Å². The maximum Gasteiger partial charge on any atom is 0.0997 e. The molecule has 1 aromatic carbocycles. The first-order valence-electron chi connectivity index (χ1n) is 3.18. The Morgan fingerprint density at radius 2 is 1.82 bits per heavy atom. The fraction of sp³-hybridized carbons (Fsp3) is 0.125. The van der Waals surface area contributed by atoms with Gasteiger partial charge in [0.05, 0.1) is 15.7 Å². The van der Waals surface area contributed by atoms with E-state index in [1.54, 1.807) is 24.4 Å². The molecule has 0 saturated carbocycles. The van der Waals surface area contributed by atoms with Gasteiger partial charge in [-0.1, -0.05) is 29.3 Å². The van der Waals surface area contributed by atoms with Gasteiger partial charge in [0.25, 0.3) is 0 Å². The zero-order chi connectivity index (χ0) is 8.27. The number of aliphatic imine (C=N–C) groups is 1. The molecular weight excluding hydrogens is 181 g/mol. The largest absolute Gasteiger partial charge is 0.258 e. The Morgan fingerprint density at radius 3 is 2.27 bits per heavy atom. The van der Waals surface area contributed by atoms with Gasteiger partial charge in [-0.25, -0.2) is 0 Å². The number of rotatable bonds is 1. The van der Waals surface area contributed by atoms with Crippen molar-refractivity contribution in [1.29, 1.82) is 0 Å². The second-order valence-corrected chi connectivity index (χ2v) is 2.77. The average molecular weight is 188 g/mol. The third kappa shape index (κ3) is 1.95. The standard InChI is InChI=1S/C8H7Cl2N/c1-2-11-8-6(9)4-3-5-7(8)10/h2-5H,1H3. The summed E-state index contributed by atoms with van der Waals surface area (Å²) in [5.74, 6) is 0. The summed E-state index contributed by atoms with van der Waals surface area (Å²) in [6, 6.07) is 5.31. The highest BCUT2D eigenvalue weighted by atomic mass is 35.5. The van der Waals surface area contributed by atoms with Crippen LogP contribution in [0.4, 0.5) is 5.69 Å². The van der Waals surface area contributed by atoms with Crippen LogP contribution < -0.4 is 0 Å². The summed E-state index contributed by atoms with van der Waals surface area (Å²) < 4.78 is 0. The first-order chi connectivity index (χ1) is 5.25. The fourth-order valence-electron chi connectivity index (χ4n) is 0.741. The smallest absolute Gasteiger partial charge is 0.0997 e. The maximum atomic E-state index is 5.81. The van der Waals surface area contributed by atoms with Crippen molar-refractivity contribution in [2.75, 3.05) is 0 Å². The maximum absolute atomic E-state index is 5.81. The van der Waals surface area contributed by atoms with Gasteiger partial charge in [0, 0.05) is 6.21 Å². The monoisotopic (exact) mass is 187 g/mol. The molecule has 0 spiro atoms. The van der Waals surface area contributed by atoms with E-state index in [1.807, 2.05) is 6.92 Å². The number of halogens is 2. The zero-order valence-electron chi connectivity index (χ0n) is 6.01. The van der Waals surface area contributed by atoms with E-state index in [2.05, 4.69) is 4.99 Å². The third-order valence-electron chi connectivity index (χ3n) is 1.20. The number of para-hydroxylation sites is 1. The summed E-state index contributed by atoms with van der Waals surface area (Å²) in [4.78, 5) is 4.02. The molecule has 3 heteroatoms. The summed E-state index contributed by atoms with van der Waals surface area (Å²) in [6.45, 7) is 1.82. The van der Waals surface area contributed by atoms with Crippen LogP contribution in [-0.4, -0.2) is 6.21 Å². The first-order valence-corrected chi connectivity index (χ1v) is 3.94. The lowest BCUT2D eigenvalue weighted by atomic mass is 10.3. The Balaban J connectivity index is 3.20. The summed E-state index contributed by atoms with van der Waals surface area (Å²) in [5.41, 5.74) is 0.637. The van der Waals surface area contributed by atoms with Crippen LogP contribution in [0.3, 0.4) is 0 Å². The Morgan fingerprint density at radius 1 is 1.27 bits per heavy atom. The quantitative estimate of drug-likeness (QED) is 0.595. The minimum Gasteiger partial charge on any atom is -0.258 e. The van der Waals surface area contributed by atoms with Crippen LogP contribution >= 0.6 is 23.2 Å². The predicted octanol–water partition coefficient (Wildman–Crippen LogP) is 3.72. The van der Waals surface area contributed by atoms with Crippen LogP contribution in [0.2, 0.25) is 10.0 Å². The molecule has 0 aromatic heterocycles. The number of benzene rings is 1. The molecule has 0 atom stereocenters. The minimum atomic E-state index is 0.579. The lowest BCUT2D eigenvalue weighted by Crippen LogP contribution is -1.70. The van der Waals surface area contributed by atoms with Gasteiger partial charge in [0.15, 0.2) is 0 Å². The molecule has 1 rings (SSSR count). The van der Waals surface area contributed by atoms with Crippen molar-refractivity contribution < 1.29 is 0 Å². The molecule has 0 N–H and O–H groups in total. The van der Waals surface area contributed by atoms with Crippen LogP contribution in [0.1, 0.15) is 6.92 Å². The molecule has 0 saturated heterocycles. The summed E-state index contributed by atoms with van der Waals surface area (Å²) in [6.07, 6.45) is 1.66. The van der Waals surface area contributed by atoms with Crippen LogP contribution in [0.25, 0.3) is 0 Å². The van der Waals surface area contributed by atoms with Crippen molar-refractivity contribution in [1.82, 2.24) is 0 Å². The molecule has 0 aliphatic rings. The molecule has 11 heavy (non-hydrogen) atoms. The lowest BCUT2D eigenvalue weighted by molar-refractivity contribution is 1.53. The number of nitrogens with zero attached hydrogens (tertiary/aromatic N) is 1. The van der Waals surface area contributed by atoms with Gasteiger partial charge in [0.2, 0.25) is 0 Å². The van der Waals surface area contributed by atoms with Gasteiger partial charge in [-0.05, 0) is 19.1 Å². The van der Waals surface area contributed by atoms with Gasteiger partial charge < -0.3 is 0 Å². The molecule has 0 aliphatic carbocycles. The van der Waals surface area contributed by atoms with Crippen molar-refractivity contribution in [3.63, 3.8) is 0 Å². The fourth-order valence-corrected chi connectivity index (χ4v) is 1.24. The number of hydrogen-bond donors (Lipinski definition) is 0. The van der Waals surface area contributed by atoms with E-state index in [9.17, 15) is 0 Å². The van der Waals surface area contributed by atoms with Crippen LogP contribution in [0.15, 0.2) is 23.2 Å². The topological polar surface area (TPSA) is 12.4 Å². The van der Waals surface area contributed by atoms with Crippen molar-refractivity contribution in [2.24, 2.45) is 4.99 Å². The molecule has 58 valence electrons. The highest BCUT2D eigenvalue weighted by molar-refractivity contribution is 6.38. The van der Waals surface area contributed by atoms with E-state index < -0.39 is 0 Å². The second kappa shape index (κ2) is 3.74. The summed E-state index contributed by atoms with van der Waals surface area (Å²) in [5, 5.41) is 1.16. The predicted molar refractivity (Wildman–Crippen MR) is 50.3 cm³/mol. The summed E-state index contributed by atoms with van der Waals surface area (Å²) >= 11 is 11.6. The van der Waals surface area contributed by atoms with Crippen molar-refractivity contribution in [3.05, 3.63) is 28.2 Å². The molecule has 0 unspecified atom stereocenters. The van der Waals surface area contributed by atoms with Crippen LogP contribution in [0.5, 0.6) is 0 Å². The van der Waals surface area contributed by atoms with E-state index in [0.29, 0.717) is 15.7 Å². The SMILES string of the molecule is CC=Nc1c(Cl)cccc1Cl. The Labute approximate surface area is 75.7 Å². The van der Waals surface area contributed by atoms with E-state index in [4.69, 9.17) is 23.2 Å². The molecule has 1 nitrogen and oxygen atoms in total. The Hall–Kier alpha value is -0.530. The molecule has 0 aliphatic heterocycles. The van der Waals surface area contributed by atoms with Crippen LogP contribution in [-0.2, 0) is 0 Å². The van der Waals surface area contributed by atoms with E-state index in [1.165, 1.54) is 0 Å². The molecule has 0 radical (unpaired) electrons.